The molecule has 1 saturated carbocycles. The van der Waals surface area contributed by atoms with Gasteiger partial charge in [0.2, 0.25) is 11.8 Å². The number of hydrogen-bond donors (Lipinski definition) is 3. The van der Waals surface area contributed by atoms with Gasteiger partial charge in [-0.25, -0.2) is 0 Å². The molecule has 0 radical (unpaired) electrons. The van der Waals surface area contributed by atoms with Gasteiger partial charge in [-0.05, 0) is 38.0 Å². The number of halogens is 1. The molecular formula is C17H34ClN3O2. The van der Waals surface area contributed by atoms with Crippen LogP contribution < -0.4 is 16.4 Å². The molecule has 0 saturated heterocycles. The summed E-state index contributed by atoms with van der Waals surface area (Å²) in [7, 11) is 0. The molecule has 1 aliphatic carbocycles. The molecule has 0 spiro atoms. The maximum Gasteiger partial charge on any atom is 0.239 e. The summed E-state index contributed by atoms with van der Waals surface area (Å²) in [6.45, 7) is 6.60. The lowest BCUT2D eigenvalue weighted by Crippen LogP contribution is -2.54. The molecule has 0 bridgehead atoms. The second-order valence-electron chi connectivity index (χ2n) is 7.40. The standard InChI is InChI=1S/C17H33N3O2.ClH/c1-13(2)10-17(3,12-18)20-16(22)11-19-15(21)9-14-7-5-4-6-8-14;/h13-14H,4-12,18H2,1-3H3,(H,19,21)(H,20,22);1H. The average Bonchev–Trinajstić information content (AvgIpc) is 2.45. The Morgan fingerprint density at radius 2 is 1.78 bits per heavy atom. The molecule has 0 aromatic carbocycles. The van der Waals surface area contributed by atoms with E-state index < -0.39 is 5.54 Å². The Balaban J connectivity index is 0.00000484. The number of rotatable bonds is 8. The quantitative estimate of drug-likeness (QED) is 0.630. The minimum atomic E-state index is -0.403. The van der Waals surface area contributed by atoms with Crippen molar-refractivity contribution >= 4 is 24.2 Å². The Morgan fingerprint density at radius 1 is 1.17 bits per heavy atom. The van der Waals surface area contributed by atoms with Gasteiger partial charge in [0.1, 0.15) is 0 Å². The molecule has 0 aromatic heterocycles. The highest BCUT2D eigenvalue weighted by Crippen LogP contribution is 2.25. The summed E-state index contributed by atoms with van der Waals surface area (Å²) in [6, 6.07) is 0. The predicted octanol–water partition coefficient (Wildman–Crippen LogP) is 2.37. The SMILES string of the molecule is CC(C)CC(C)(CN)NC(=O)CNC(=O)CC1CCCCC1.Cl. The van der Waals surface area contributed by atoms with E-state index in [4.69, 9.17) is 5.73 Å². The van der Waals surface area contributed by atoms with Gasteiger partial charge >= 0.3 is 0 Å². The molecule has 6 heteroatoms. The maximum absolute atomic E-state index is 12.0. The Hall–Kier alpha value is -0.810. The van der Waals surface area contributed by atoms with E-state index in [-0.39, 0.29) is 30.8 Å². The second kappa shape index (κ2) is 10.9. The van der Waals surface area contributed by atoms with Crippen LogP contribution in [-0.4, -0.2) is 30.4 Å². The second-order valence-corrected chi connectivity index (χ2v) is 7.40. The Bertz CT molecular complexity index is 371. The van der Waals surface area contributed by atoms with Crippen LogP contribution in [0.15, 0.2) is 0 Å². The highest BCUT2D eigenvalue weighted by atomic mass is 35.5. The third-order valence-electron chi connectivity index (χ3n) is 4.40. The molecule has 1 aliphatic rings. The lowest BCUT2D eigenvalue weighted by Gasteiger charge is -2.31. The first kappa shape index (κ1) is 22.2. The number of carbonyl (C=O) groups is 2. The molecule has 4 N–H and O–H groups in total. The van der Waals surface area contributed by atoms with Gasteiger partial charge in [-0.15, -0.1) is 12.4 Å². The Morgan fingerprint density at radius 3 is 2.30 bits per heavy atom. The molecule has 2 amide bonds. The molecule has 0 aliphatic heterocycles. The van der Waals surface area contributed by atoms with Crippen LogP contribution in [0.5, 0.6) is 0 Å². The zero-order valence-electron chi connectivity index (χ0n) is 14.8. The first-order chi connectivity index (χ1) is 10.3. The van der Waals surface area contributed by atoms with Gasteiger partial charge in [-0.3, -0.25) is 9.59 Å². The number of hydrogen-bond acceptors (Lipinski definition) is 3. The van der Waals surface area contributed by atoms with Gasteiger partial charge in [0.05, 0.1) is 6.54 Å². The van der Waals surface area contributed by atoms with Crippen LogP contribution in [0.3, 0.4) is 0 Å². The molecular weight excluding hydrogens is 314 g/mol. The first-order valence-electron chi connectivity index (χ1n) is 8.62. The lowest BCUT2D eigenvalue weighted by molar-refractivity contribution is -0.127. The van der Waals surface area contributed by atoms with E-state index in [1.165, 1.54) is 19.3 Å². The summed E-state index contributed by atoms with van der Waals surface area (Å²) in [6.07, 6.45) is 7.39. The number of nitrogens with one attached hydrogen (secondary N) is 2. The summed E-state index contributed by atoms with van der Waals surface area (Å²) < 4.78 is 0. The Labute approximate surface area is 146 Å². The van der Waals surface area contributed by atoms with Crippen molar-refractivity contribution in [2.45, 2.75) is 71.3 Å². The molecule has 23 heavy (non-hydrogen) atoms. The van der Waals surface area contributed by atoms with Gasteiger partial charge in [0.15, 0.2) is 0 Å². The topological polar surface area (TPSA) is 84.2 Å². The van der Waals surface area contributed by atoms with Gasteiger partial charge < -0.3 is 16.4 Å². The van der Waals surface area contributed by atoms with Crippen molar-refractivity contribution in [3.63, 3.8) is 0 Å². The van der Waals surface area contributed by atoms with E-state index in [1.54, 1.807) is 0 Å². The van der Waals surface area contributed by atoms with E-state index in [1.807, 2.05) is 6.92 Å². The zero-order valence-corrected chi connectivity index (χ0v) is 15.6. The average molecular weight is 348 g/mol. The van der Waals surface area contributed by atoms with Crippen LogP contribution in [0, 0.1) is 11.8 Å². The van der Waals surface area contributed by atoms with Crippen molar-refractivity contribution in [1.82, 2.24) is 10.6 Å². The fourth-order valence-corrected chi connectivity index (χ4v) is 3.37. The molecule has 0 aromatic rings. The van der Waals surface area contributed by atoms with E-state index >= 15 is 0 Å². The van der Waals surface area contributed by atoms with Crippen LogP contribution >= 0.6 is 12.4 Å². The summed E-state index contributed by atoms with van der Waals surface area (Å²) >= 11 is 0. The smallest absolute Gasteiger partial charge is 0.239 e. The van der Waals surface area contributed by atoms with Crippen LogP contribution in [-0.2, 0) is 9.59 Å². The maximum atomic E-state index is 12.0. The summed E-state index contributed by atoms with van der Waals surface area (Å²) in [4.78, 5) is 23.9. The monoisotopic (exact) mass is 347 g/mol. The van der Waals surface area contributed by atoms with Gasteiger partial charge in [0.25, 0.3) is 0 Å². The van der Waals surface area contributed by atoms with Crippen molar-refractivity contribution < 1.29 is 9.59 Å². The van der Waals surface area contributed by atoms with Gasteiger partial charge in [-0.1, -0.05) is 33.1 Å². The molecule has 1 atom stereocenters. The van der Waals surface area contributed by atoms with Crippen molar-refractivity contribution in [2.75, 3.05) is 13.1 Å². The van der Waals surface area contributed by atoms with Crippen molar-refractivity contribution in [3.8, 4) is 0 Å². The minimum Gasteiger partial charge on any atom is -0.348 e. The number of amides is 2. The fourth-order valence-electron chi connectivity index (χ4n) is 3.37. The van der Waals surface area contributed by atoms with Crippen LogP contribution in [0.4, 0.5) is 0 Å². The Kier molecular flexibility index (Phi) is 10.5. The van der Waals surface area contributed by atoms with Crippen molar-refractivity contribution in [3.05, 3.63) is 0 Å². The largest absolute Gasteiger partial charge is 0.348 e. The van der Waals surface area contributed by atoms with Gasteiger partial charge in [-0.2, -0.15) is 0 Å². The normalized spacial score (nSPS) is 18.0. The fraction of sp³-hybridized carbons (Fsp3) is 0.882. The summed E-state index contributed by atoms with van der Waals surface area (Å²) in [5, 5.41) is 5.69. The highest BCUT2D eigenvalue weighted by molar-refractivity contribution is 5.85. The number of nitrogens with two attached hydrogens (primary N) is 1. The van der Waals surface area contributed by atoms with Crippen LogP contribution in [0.25, 0.3) is 0 Å². The third-order valence-corrected chi connectivity index (χ3v) is 4.40. The van der Waals surface area contributed by atoms with Gasteiger partial charge in [0, 0.05) is 18.5 Å². The molecule has 136 valence electrons. The van der Waals surface area contributed by atoms with Crippen LogP contribution in [0.2, 0.25) is 0 Å². The molecule has 0 heterocycles. The minimum absolute atomic E-state index is 0. The van der Waals surface area contributed by atoms with Crippen LogP contribution in [0.1, 0.15) is 65.7 Å². The van der Waals surface area contributed by atoms with E-state index in [2.05, 4.69) is 24.5 Å². The summed E-state index contributed by atoms with van der Waals surface area (Å²) in [5.74, 6) is 0.771. The van der Waals surface area contributed by atoms with E-state index in [0.717, 1.165) is 19.3 Å². The van der Waals surface area contributed by atoms with E-state index in [9.17, 15) is 9.59 Å². The van der Waals surface area contributed by atoms with E-state index in [0.29, 0.717) is 24.8 Å². The van der Waals surface area contributed by atoms with Crippen molar-refractivity contribution in [2.24, 2.45) is 17.6 Å². The first-order valence-corrected chi connectivity index (χ1v) is 8.62. The molecule has 1 rings (SSSR count). The molecule has 1 fully saturated rings. The molecule has 1 unspecified atom stereocenters. The third kappa shape index (κ3) is 9.16. The molecule has 5 nitrogen and oxygen atoms in total. The highest BCUT2D eigenvalue weighted by Gasteiger charge is 2.26. The predicted molar refractivity (Wildman–Crippen MR) is 96.5 cm³/mol. The lowest BCUT2D eigenvalue weighted by atomic mass is 9.87. The number of carbonyl (C=O) groups excluding carboxylic acids is 2. The summed E-state index contributed by atoms with van der Waals surface area (Å²) in [5.41, 5.74) is 5.38. The van der Waals surface area contributed by atoms with Crippen molar-refractivity contribution in [1.29, 1.82) is 0 Å². The zero-order chi connectivity index (χ0) is 16.6.